The van der Waals surface area contributed by atoms with Crippen molar-refractivity contribution in [3.8, 4) is 0 Å². The normalized spacial score (nSPS) is 27.3. The van der Waals surface area contributed by atoms with Gasteiger partial charge in [-0.05, 0) is 5.56 Å². The SMILES string of the molecule is C[C@H]1C(=O)NC[C@@H]1c1ccccc1. The molecule has 1 aromatic rings. The molecule has 0 spiro atoms. The van der Waals surface area contributed by atoms with Crippen LogP contribution < -0.4 is 5.32 Å². The van der Waals surface area contributed by atoms with Crippen LogP contribution in [0.2, 0.25) is 0 Å². The van der Waals surface area contributed by atoms with Gasteiger partial charge in [-0.1, -0.05) is 37.3 Å². The lowest BCUT2D eigenvalue weighted by Crippen LogP contribution is -2.16. The average Bonchev–Trinajstić information content (AvgIpc) is 2.49. The minimum absolute atomic E-state index is 0.113. The first-order valence-electron chi connectivity index (χ1n) is 4.61. The topological polar surface area (TPSA) is 29.1 Å². The molecule has 1 heterocycles. The fourth-order valence-electron chi connectivity index (χ4n) is 1.84. The van der Waals surface area contributed by atoms with Crippen LogP contribution in [0.4, 0.5) is 0 Å². The van der Waals surface area contributed by atoms with Crippen LogP contribution >= 0.6 is 0 Å². The molecule has 1 aromatic carbocycles. The Morgan fingerprint density at radius 1 is 1.31 bits per heavy atom. The highest BCUT2D eigenvalue weighted by Gasteiger charge is 2.31. The molecule has 0 radical (unpaired) electrons. The van der Waals surface area contributed by atoms with E-state index in [4.69, 9.17) is 0 Å². The minimum atomic E-state index is 0.113. The number of hydrogen-bond acceptors (Lipinski definition) is 1. The number of hydrogen-bond donors (Lipinski definition) is 1. The van der Waals surface area contributed by atoms with E-state index in [0.29, 0.717) is 5.92 Å². The maximum Gasteiger partial charge on any atom is 0.223 e. The number of benzene rings is 1. The predicted molar refractivity (Wildman–Crippen MR) is 51.4 cm³/mol. The summed E-state index contributed by atoms with van der Waals surface area (Å²) >= 11 is 0. The Bertz CT molecular complexity index is 307. The van der Waals surface area contributed by atoms with E-state index in [1.807, 2.05) is 25.1 Å². The van der Waals surface area contributed by atoms with Crippen molar-refractivity contribution in [3.05, 3.63) is 35.9 Å². The van der Waals surface area contributed by atoms with Gasteiger partial charge in [0.05, 0.1) is 0 Å². The molecule has 68 valence electrons. The highest BCUT2D eigenvalue weighted by Crippen LogP contribution is 2.27. The van der Waals surface area contributed by atoms with Crippen LogP contribution in [0.15, 0.2) is 30.3 Å². The molecule has 0 aromatic heterocycles. The Labute approximate surface area is 78.0 Å². The molecule has 1 saturated heterocycles. The van der Waals surface area contributed by atoms with Crippen LogP contribution in [0.25, 0.3) is 0 Å². The molecule has 2 heteroatoms. The van der Waals surface area contributed by atoms with Crippen molar-refractivity contribution < 1.29 is 4.79 Å². The van der Waals surface area contributed by atoms with E-state index >= 15 is 0 Å². The third-order valence-electron chi connectivity index (χ3n) is 2.74. The fourth-order valence-corrected chi connectivity index (χ4v) is 1.84. The maximum absolute atomic E-state index is 11.2. The quantitative estimate of drug-likeness (QED) is 0.689. The lowest BCUT2D eigenvalue weighted by atomic mass is 9.90. The minimum Gasteiger partial charge on any atom is -0.355 e. The molecule has 1 amide bonds. The zero-order valence-corrected chi connectivity index (χ0v) is 7.66. The van der Waals surface area contributed by atoms with Gasteiger partial charge in [0.2, 0.25) is 5.91 Å². The Kier molecular flexibility index (Phi) is 2.05. The average molecular weight is 175 g/mol. The van der Waals surface area contributed by atoms with E-state index in [2.05, 4.69) is 17.4 Å². The smallest absolute Gasteiger partial charge is 0.223 e. The Morgan fingerprint density at radius 3 is 2.54 bits per heavy atom. The summed E-state index contributed by atoms with van der Waals surface area (Å²) in [7, 11) is 0. The summed E-state index contributed by atoms with van der Waals surface area (Å²) in [6, 6.07) is 10.2. The largest absolute Gasteiger partial charge is 0.355 e. The number of carbonyl (C=O) groups is 1. The monoisotopic (exact) mass is 175 g/mol. The Balaban J connectivity index is 2.24. The summed E-state index contributed by atoms with van der Waals surface area (Å²) in [5.74, 6) is 0.643. The van der Waals surface area contributed by atoms with E-state index in [-0.39, 0.29) is 11.8 Å². The van der Waals surface area contributed by atoms with E-state index < -0.39 is 0 Å². The third kappa shape index (κ3) is 1.44. The number of amides is 1. The lowest BCUT2D eigenvalue weighted by Gasteiger charge is -2.11. The lowest BCUT2D eigenvalue weighted by molar-refractivity contribution is -0.122. The molecule has 0 unspecified atom stereocenters. The van der Waals surface area contributed by atoms with Crippen LogP contribution in [-0.2, 0) is 4.79 Å². The van der Waals surface area contributed by atoms with E-state index in [0.717, 1.165) is 6.54 Å². The summed E-state index contributed by atoms with van der Waals surface area (Å²) in [5, 5.41) is 2.88. The van der Waals surface area contributed by atoms with Crippen molar-refractivity contribution >= 4 is 5.91 Å². The second kappa shape index (κ2) is 3.21. The number of nitrogens with one attached hydrogen (secondary N) is 1. The van der Waals surface area contributed by atoms with Crippen molar-refractivity contribution in [2.24, 2.45) is 5.92 Å². The molecule has 1 aliphatic heterocycles. The molecular formula is C11H13NO. The fraction of sp³-hybridized carbons (Fsp3) is 0.364. The molecule has 1 aliphatic rings. The summed E-state index contributed by atoms with van der Waals surface area (Å²) in [4.78, 5) is 11.2. The summed E-state index contributed by atoms with van der Waals surface area (Å²) in [5.41, 5.74) is 1.26. The molecule has 2 nitrogen and oxygen atoms in total. The highest BCUT2D eigenvalue weighted by molar-refractivity contribution is 5.81. The van der Waals surface area contributed by atoms with Crippen molar-refractivity contribution in [1.29, 1.82) is 0 Å². The summed E-state index contributed by atoms with van der Waals surface area (Å²) in [6.45, 7) is 2.77. The third-order valence-corrected chi connectivity index (χ3v) is 2.74. The van der Waals surface area contributed by atoms with Crippen molar-refractivity contribution in [3.63, 3.8) is 0 Å². The van der Waals surface area contributed by atoms with Gasteiger partial charge in [-0.25, -0.2) is 0 Å². The summed E-state index contributed by atoms with van der Waals surface area (Å²) in [6.07, 6.45) is 0. The maximum atomic E-state index is 11.2. The first-order chi connectivity index (χ1) is 6.29. The zero-order chi connectivity index (χ0) is 9.26. The zero-order valence-electron chi connectivity index (χ0n) is 7.66. The molecular weight excluding hydrogens is 162 g/mol. The first-order valence-corrected chi connectivity index (χ1v) is 4.61. The van der Waals surface area contributed by atoms with Crippen molar-refractivity contribution in [1.82, 2.24) is 5.32 Å². The van der Waals surface area contributed by atoms with Crippen molar-refractivity contribution in [2.75, 3.05) is 6.54 Å². The second-order valence-corrected chi connectivity index (χ2v) is 3.55. The molecule has 0 aliphatic carbocycles. The van der Waals surface area contributed by atoms with E-state index in [1.54, 1.807) is 0 Å². The summed E-state index contributed by atoms with van der Waals surface area (Å²) < 4.78 is 0. The van der Waals surface area contributed by atoms with Gasteiger partial charge in [-0.3, -0.25) is 4.79 Å². The molecule has 13 heavy (non-hydrogen) atoms. The van der Waals surface area contributed by atoms with Gasteiger partial charge >= 0.3 is 0 Å². The molecule has 2 rings (SSSR count). The van der Waals surface area contributed by atoms with E-state index in [9.17, 15) is 4.79 Å². The van der Waals surface area contributed by atoms with Crippen LogP contribution in [0.1, 0.15) is 18.4 Å². The number of carbonyl (C=O) groups excluding carboxylic acids is 1. The first kappa shape index (κ1) is 8.30. The van der Waals surface area contributed by atoms with Gasteiger partial charge in [0.25, 0.3) is 0 Å². The molecule has 2 atom stereocenters. The van der Waals surface area contributed by atoms with Crippen LogP contribution in [0.3, 0.4) is 0 Å². The molecule has 1 fully saturated rings. The standard InChI is InChI=1S/C11H13NO/c1-8-10(7-12-11(8)13)9-5-3-2-4-6-9/h2-6,8,10H,7H2,1H3,(H,12,13)/t8-,10+/m1/s1. The van der Waals surface area contributed by atoms with E-state index in [1.165, 1.54) is 5.56 Å². The molecule has 0 bridgehead atoms. The van der Waals surface area contributed by atoms with Crippen molar-refractivity contribution in [2.45, 2.75) is 12.8 Å². The van der Waals surface area contributed by atoms with Gasteiger partial charge in [-0.2, -0.15) is 0 Å². The van der Waals surface area contributed by atoms with Crippen LogP contribution in [0, 0.1) is 5.92 Å². The number of rotatable bonds is 1. The van der Waals surface area contributed by atoms with Gasteiger partial charge in [0.1, 0.15) is 0 Å². The second-order valence-electron chi connectivity index (χ2n) is 3.55. The van der Waals surface area contributed by atoms with Crippen LogP contribution in [-0.4, -0.2) is 12.5 Å². The van der Waals surface area contributed by atoms with Gasteiger partial charge in [0, 0.05) is 18.4 Å². The predicted octanol–water partition coefficient (Wildman–Crippen LogP) is 1.54. The van der Waals surface area contributed by atoms with Crippen LogP contribution in [0.5, 0.6) is 0 Å². The Hall–Kier alpha value is -1.31. The molecule has 1 N–H and O–H groups in total. The highest BCUT2D eigenvalue weighted by atomic mass is 16.2. The Morgan fingerprint density at radius 2 is 2.00 bits per heavy atom. The molecule has 0 saturated carbocycles. The van der Waals surface area contributed by atoms with Gasteiger partial charge < -0.3 is 5.32 Å². The van der Waals surface area contributed by atoms with Gasteiger partial charge in [0.15, 0.2) is 0 Å². The van der Waals surface area contributed by atoms with Gasteiger partial charge in [-0.15, -0.1) is 0 Å².